The van der Waals surface area contributed by atoms with E-state index in [1.54, 1.807) is 10.7 Å². The summed E-state index contributed by atoms with van der Waals surface area (Å²) in [6, 6.07) is 1.73. The summed E-state index contributed by atoms with van der Waals surface area (Å²) in [5, 5.41) is 8.53. The Bertz CT molecular complexity index is 901. The first kappa shape index (κ1) is 18.3. The first-order valence-corrected chi connectivity index (χ1v) is 10.6. The number of carbonyl (C=O) groups excluding carboxylic acids is 1. The second-order valence-electron chi connectivity index (χ2n) is 7.30. The lowest BCUT2D eigenvalue weighted by atomic mass is 10.1. The molecule has 4 heterocycles. The minimum Gasteiger partial charge on any atom is -0.361 e. The molecule has 0 aromatic carbocycles. The van der Waals surface area contributed by atoms with Crippen molar-refractivity contribution < 1.29 is 9.32 Å². The monoisotopic (exact) mass is 388 g/mol. The minimum atomic E-state index is -0.0683. The fraction of sp³-hybridized carbons (Fsp3) is 0.579. The van der Waals surface area contributed by atoms with Gasteiger partial charge >= 0.3 is 0 Å². The van der Waals surface area contributed by atoms with E-state index in [9.17, 15) is 9.59 Å². The van der Waals surface area contributed by atoms with Crippen molar-refractivity contribution in [2.45, 2.75) is 57.9 Å². The van der Waals surface area contributed by atoms with Gasteiger partial charge in [0, 0.05) is 30.3 Å². The highest BCUT2D eigenvalue weighted by molar-refractivity contribution is 7.98. The van der Waals surface area contributed by atoms with Gasteiger partial charge in [-0.05, 0) is 38.0 Å². The molecule has 0 spiro atoms. The maximum atomic E-state index is 12.9. The molecule has 4 rings (SSSR count). The highest BCUT2D eigenvalue weighted by Crippen LogP contribution is 2.23. The Kier molecular flexibility index (Phi) is 5.08. The summed E-state index contributed by atoms with van der Waals surface area (Å²) in [5.41, 5.74) is 3.65. The van der Waals surface area contributed by atoms with Crippen molar-refractivity contribution in [2.24, 2.45) is 0 Å². The summed E-state index contributed by atoms with van der Waals surface area (Å²) < 4.78 is 6.73. The van der Waals surface area contributed by atoms with Crippen LogP contribution in [0.3, 0.4) is 0 Å². The molecule has 2 aromatic rings. The third-order valence-electron chi connectivity index (χ3n) is 5.50. The van der Waals surface area contributed by atoms with Crippen LogP contribution < -0.4 is 5.56 Å². The van der Waals surface area contributed by atoms with Crippen LogP contribution in [0.1, 0.15) is 41.1 Å². The molecule has 1 amide bonds. The lowest BCUT2D eigenvalue weighted by molar-refractivity contribution is -0.131. The van der Waals surface area contributed by atoms with Gasteiger partial charge in [-0.3, -0.25) is 9.59 Å². The smallest absolute Gasteiger partial charge is 0.267 e. The lowest BCUT2D eigenvalue weighted by Gasteiger charge is -2.25. The van der Waals surface area contributed by atoms with Gasteiger partial charge in [0.05, 0.1) is 30.4 Å². The Hall–Kier alpha value is -2.09. The van der Waals surface area contributed by atoms with Crippen molar-refractivity contribution in [1.82, 2.24) is 19.8 Å². The van der Waals surface area contributed by atoms with Crippen LogP contribution in [0.2, 0.25) is 0 Å². The van der Waals surface area contributed by atoms with Crippen LogP contribution in [-0.4, -0.2) is 44.1 Å². The van der Waals surface area contributed by atoms with E-state index in [1.165, 1.54) is 0 Å². The van der Waals surface area contributed by atoms with E-state index < -0.39 is 0 Å². The molecule has 1 unspecified atom stereocenters. The van der Waals surface area contributed by atoms with Crippen molar-refractivity contribution in [3.63, 3.8) is 0 Å². The van der Waals surface area contributed by atoms with E-state index in [4.69, 9.17) is 4.52 Å². The second kappa shape index (κ2) is 7.50. The number of aromatic nitrogens is 3. The average Bonchev–Trinajstić information content (AvgIpc) is 3.24. The van der Waals surface area contributed by atoms with Crippen molar-refractivity contribution in [2.75, 3.05) is 12.3 Å². The van der Waals surface area contributed by atoms with Gasteiger partial charge < -0.3 is 9.42 Å². The maximum absolute atomic E-state index is 12.9. The molecular formula is C19H24N4O3S. The van der Waals surface area contributed by atoms with Crippen LogP contribution in [0.25, 0.3) is 0 Å². The molecule has 27 heavy (non-hydrogen) atoms. The quantitative estimate of drug-likeness (QED) is 0.795. The molecule has 8 heteroatoms. The van der Waals surface area contributed by atoms with Gasteiger partial charge in [0.1, 0.15) is 5.76 Å². The van der Waals surface area contributed by atoms with Gasteiger partial charge in [0.15, 0.2) is 0 Å². The largest absolute Gasteiger partial charge is 0.361 e. The summed E-state index contributed by atoms with van der Waals surface area (Å²) in [7, 11) is 0. The first-order valence-electron chi connectivity index (χ1n) is 9.42. The molecule has 0 radical (unpaired) electrons. The molecule has 1 atom stereocenters. The van der Waals surface area contributed by atoms with Crippen LogP contribution in [-0.2, 0) is 29.9 Å². The number of hydrogen-bond acceptors (Lipinski definition) is 6. The fourth-order valence-corrected chi connectivity index (χ4v) is 4.90. The highest BCUT2D eigenvalue weighted by atomic mass is 32.2. The number of nitrogens with zero attached hydrogens (tertiary/aromatic N) is 4. The Morgan fingerprint density at radius 2 is 2.26 bits per heavy atom. The fourth-order valence-electron chi connectivity index (χ4n) is 3.94. The molecule has 1 saturated heterocycles. The zero-order valence-electron chi connectivity index (χ0n) is 15.7. The number of hydrogen-bond donors (Lipinski definition) is 0. The van der Waals surface area contributed by atoms with Gasteiger partial charge in [-0.25, -0.2) is 4.68 Å². The SMILES string of the molecule is Cc1noc(C)c1CC(=O)N1CCCC1Cn1nc2c(cc1=O)CSCC2. The first-order chi connectivity index (χ1) is 13.0. The number of aryl methyl sites for hydroxylation is 3. The van der Waals surface area contributed by atoms with E-state index in [1.807, 2.05) is 30.5 Å². The number of carbonyl (C=O) groups is 1. The lowest BCUT2D eigenvalue weighted by Crippen LogP contribution is -2.41. The molecule has 1 fully saturated rings. The Balaban J connectivity index is 1.50. The topological polar surface area (TPSA) is 81.2 Å². The summed E-state index contributed by atoms with van der Waals surface area (Å²) in [6.45, 7) is 4.88. The zero-order chi connectivity index (χ0) is 19.0. The molecular weight excluding hydrogens is 364 g/mol. The number of thioether (sulfide) groups is 1. The molecule has 0 aliphatic carbocycles. The standard InChI is InChI=1S/C19H24N4O3S/c1-12-16(13(2)26-21-12)9-18(24)22-6-3-4-15(22)10-23-19(25)8-14-11-27-7-5-17(14)20-23/h8,15H,3-7,9-11H2,1-2H3. The third kappa shape index (κ3) is 3.67. The van der Waals surface area contributed by atoms with Gasteiger partial charge in [0.2, 0.25) is 5.91 Å². The van der Waals surface area contributed by atoms with Crippen LogP contribution in [0.4, 0.5) is 0 Å². The van der Waals surface area contributed by atoms with E-state index in [0.29, 0.717) is 18.7 Å². The number of rotatable bonds is 4. The molecule has 2 aliphatic rings. The van der Waals surface area contributed by atoms with Crippen molar-refractivity contribution >= 4 is 17.7 Å². The van der Waals surface area contributed by atoms with Gasteiger partial charge in [-0.2, -0.15) is 16.9 Å². The predicted molar refractivity (Wildman–Crippen MR) is 103 cm³/mol. The Morgan fingerprint density at radius 3 is 3.04 bits per heavy atom. The minimum absolute atomic E-state index is 0.0131. The van der Waals surface area contributed by atoms with Crippen molar-refractivity contribution in [3.8, 4) is 0 Å². The molecule has 144 valence electrons. The van der Waals surface area contributed by atoms with E-state index in [2.05, 4.69) is 10.3 Å². The van der Waals surface area contributed by atoms with Crippen LogP contribution in [0.15, 0.2) is 15.4 Å². The molecule has 7 nitrogen and oxygen atoms in total. The van der Waals surface area contributed by atoms with E-state index in [-0.39, 0.29) is 17.5 Å². The van der Waals surface area contributed by atoms with Gasteiger partial charge in [0.25, 0.3) is 5.56 Å². The van der Waals surface area contributed by atoms with Crippen LogP contribution in [0.5, 0.6) is 0 Å². The number of amides is 1. The van der Waals surface area contributed by atoms with E-state index >= 15 is 0 Å². The summed E-state index contributed by atoms with van der Waals surface area (Å²) >= 11 is 1.84. The van der Waals surface area contributed by atoms with Crippen molar-refractivity contribution in [1.29, 1.82) is 0 Å². The summed E-state index contributed by atoms with van der Waals surface area (Å²) in [5.74, 6) is 2.67. The van der Waals surface area contributed by atoms with E-state index in [0.717, 1.165) is 59.8 Å². The Morgan fingerprint density at radius 1 is 1.41 bits per heavy atom. The summed E-state index contributed by atoms with van der Waals surface area (Å²) in [6.07, 6.45) is 3.05. The van der Waals surface area contributed by atoms with Gasteiger partial charge in [-0.1, -0.05) is 5.16 Å². The third-order valence-corrected chi connectivity index (χ3v) is 6.50. The second-order valence-corrected chi connectivity index (χ2v) is 8.41. The Labute approximate surface area is 162 Å². The molecule has 0 saturated carbocycles. The van der Waals surface area contributed by atoms with Crippen molar-refractivity contribution in [3.05, 3.63) is 44.7 Å². The number of likely N-dealkylation sites (tertiary alicyclic amines) is 1. The van der Waals surface area contributed by atoms with Gasteiger partial charge in [-0.15, -0.1) is 0 Å². The van der Waals surface area contributed by atoms with Crippen LogP contribution >= 0.6 is 11.8 Å². The van der Waals surface area contributed by atoms with Crippen LogP contribution in [0, 0.1) is 13.8 Å². The molecule has 2 aromatic heterocycles. The average molecular weight is 388 g/mol. The molecule has 0 N–H and O–H groups in total. The molecule has 0 bridgehead atoms. The molecule has 2 aliphatic heterocycles. The highest BCUT2D eigenvalue weighted by Gasteiger charge is 2.30. The normalized spacial score (nSPS) is 19.3. The zero-order valence-corrected chi connectivity index (χ0v) is 16.5. The predicted octanol–water partition coefficient (Wildman–Crippen LogP) is 1.87. The number of fused-ring (bicyclic) bond motifs is 1. The maximum Gasteiger partial charge on any atom is 0.267 e. The summed E-state index contributed by atoms with van der Waals surface area (Å²) in [4.78, 5) is 27.2.